The predicted molar refractivity (Wildman–Crippen MR) is 86.0 cm³/mol. The summed E-state index contributed by atoms with van der Waals surface area (Å²) in [7, 11) is 0. The van der Waals surface area contributed by atoms with Crippen molar-refractivity contribution in [2.24, 2.45) is 21.9 Å². The molecule has 5 heteroatoms. The van der Waals surface area contributed by atoms with E-state index in [2.05, 4.69) is 44.6 Å². The van der Waals surface area contributed by atoms with Crippen LogP contribution in [0.25, 0.3) is 10.4 Å². The fourth-order valence-electron chi connectivity index (χ4n) is 1.67. The van der Waals surface area contributed by atoms with Crippen LogP contribution in [0.4, 0.5) is 0 Å². The summed E-state index contributed by atoms with van der Waals surface area (Å²) in [6, 6.07) is 0. The number of carbonyl (C=O) groups is 1. The van der Waals surface area contributed by atoms with E-state index in [0.29, 0.717) is 6.54 Å². The Kier molecular flexibility index (Phi) is 15.6. The van der Waals surface area contributed by atoms with Crippen LogP contribution >= 0.6 is 0 Å². The molecule has 121 valence electrons. The van der Waals surface area contributed by atoms with Crippen LogP contribution in [-0.2, 0) is 37.5 Å². The zero-order valence-corrected chi connectivity index (χ0v) is 17.5. The van der Waals surface area contributed by atoms with E-state index in [9.17, 15) is 4.79 Å². The number of unbranched alkanes of at least 4 members (excludes halogenated alkanes) is 1. The molecule has 0 rings (SSSR count). The molecule has 0 aliphatic carbocycles. The van der Waals surface area contributed by atoms with Crippen LogP contribution in [0.3, 0.4) is 0 Å². The molecule has 0 aromatic carbocycles. The maximum Gasteiger partial charge on any atom is 0.111 e. The van der Waals surface area contributed by atoms with E-state index in [4.69, 9.17) is 5.53 Å². The van der Waals surface area contributed by atoms with Gasteiger partial charge in [-0.25, -0.2) is 0 Å². The van der Waals surface area contributed by atoms with Gasteiger partial charge in [0.15, 0.2) is 0 Å². The third kappa shape index (κ3) is 18.0. The molecule has 0 saturated heterocycles. The van der Waals surface area contributed by atoms with Gasteiger partial charge in [-0.1, -0.05) is 59.5 Å². The van der Waals surface area contributed by atoms with Gasteiger partial charge in [-0.3, -0.25) is 0 Å². The van der Waals surface area contributed by atoms with Crippen molar-refractivity contribution < 1.29 is 37.5 Å². The molecule has 1 atom stereocenters. The summed E-state index contributed by atoms with van der Waals surface area (Å²) >= 11 is 0. The number of azide groups is 1. The molecule has 1 unspecified atom stereocenters. The number of carbonyl (C=O) groups excluding carboxylic acids is 1. The topological polar surface area (TPSA) is 65.8 Å². The van der Waals surface area contributed by atoms with Gasteiger partial charge in [0.1, 0.15) is 5.78 Å². The molecule has 0 saturated carbocycles. The van der Waals surface area contributed by atoms with Crippen LogP contribution < -0.4 is 0 Å². The van der Waals surface area contributed by atoms with E-state index >= 15 is 0 Å². The maximum atomic E-state index is 11.8. The monoisotopic (exact) mass is 370 g/mol. The fourth-order valence-corrected chi connectivity index (χ4v) is 1.67. The smallest absolute Gasteiger partial charge is 0.111 e. The van der Waals surface area contributed by atoms with Crippen LogP contribution in [0.15, 0.2) is 5.11 Å². The molecule has 21 heavy (non-hydrogen) atoms. The van der Waals surface area contributed by atoms with Crippen molar-refractivity contribution in [3.63, 3.8) is 0 Å². The van der Waals surface area contributed by atoms with Crippen LogP contribution in [0.5, 0.6) is 0 Å². The summed E-state index contributed by atoms with van der Waals surface area (Å²) in [5.41, 5.74) is 7.67. The fraction of sp³-hybridized carbons (Fsp3) is 0.812. The summed E-state index contributed by atoms with van der Waals surface area (Å²) in [6.45, 7) is 20.4. The zero-order valence-electron chi connectivity index (χ0n) is 14.6. The Hall–Kier alpha value is 0.0839. The van der Waals surface area contributed by atoms with Crippen molar-refractivity contribution in [2.75, 3.05) is 6.54 Å². The number of hydrogen-bond donors (Lipinski definition) is 0. The van der Waals surface area contributed by atoms with Crippen molar-refractivity contribution in [1.82, 2.24) is 0 Å². The molecular weight excluding hydrogens is 339 g/mol. The Morgan fingerprint density at radius 3 is 2.00 bits per heavy atom. The first-order valence-electron chi connectivity index (χ1n) is 7.13. The first kappa shape index (κ1) is 26.0. The van der Waals surface area contributed by atoms with E-state index in [-0.39, 0.29) is 55.2 Å². The molecule has 0 bridgehead atoms. The van der Waals surface area contributed by atoms with Crippen LogP contribution in [0.2, 0.25) is 0 Å². The third-order valence-corrected chi connectivity index (χ3v) is 2.54. The molecule has 0 N–H and O–H groups in total. The summed E-state index contributed by atoms with van der Waals surface area (Å²) in [5, 5.41) is 3.30. The Labute approximate surface area is 156 Å². The number of nitrogens with zero attached hydrogens (tertiary/aromatic N) is 3. The molecule has 0 amide bonds. The minimum absolute atomic E-state index is 0. The first-order valence-corrected chi connectivity index (χ1v) is 7.13. The van der Waals surface area contributed by atoms with Gasteiger partial charge >= 0.3 is 0 Å². The van der Waals surface area contributed by atoms with E-state index in [1.807, 2.05) is 20.8 Å². The number of rotatable bonds is 5. The molecular formula is C16H31N3OY-2. The predicted octanol–water partition coefficient (Wildman–Crippen LogP) is 5.40. The standard InChI is InChI=1S/C12H23O.C4H8N3.Y/c1-9(8-11(2,3)4)10(13)12(5,6)7;1-2-3-4-6-7-5;/h9H,1,8H2,2-7H3;1-4H2;/q2*-1;. The second-order valence-corrected chi connectivity index (χ2v) is 7.24. The minimum atomic E-state index is -0.252. The Balaban J connectivity index is -0.000000347. The van der Waals surface area contributed by atoms with Crippen molar-refractivity contribution in [1.29, 1.82) is 0 Å². The molecule has 1 radical (unpaired) electrons. The van der Waals surface area contributed by atoms with Crippen LogP contribution in [0.1, 0.15) is 60.8 Å². The largest absolute Gasteiger partial charge is 0.343 e. The van der Waals surface area contributed by atoms with E-state index in [1.54, 1.807) is 0 Å². The minimum Gasteiger partial charge on any atom is -0.343 e. The number of ketones is 1. The Morgan fingerprint density at radius 2 is 1.71 bits per heavy atom. The van der Waals surface area contributed by atoms with Crippen molar-refractivity contribution in [3.05, 3.63) is 24.3 Å². The van der Waals surface area contributed by atoms with Crippen LogP contribution in [0, 0.1) is 30.6 Å². The van der Waals surface area contributed by atoms with Gasteiger partial charge < -0.3 is 18.6 Å². The second-order valence-electron chi connectivity index (χ2n) is 7.24. The van der Waals surface area contributed by atoms with Gasteiger partial charge in [-0.05, 0) is 10.9 Å². The van der Waals surface area contributed by atoms with Crippen molar-refractivity contribution >= 4 is 5.78 Å². The van der Waals surface area contributed by atoms with Gasteiger partial charge in [0.05, 0.1) is 0 Å². The van der Waals surface area contributed by atoms with Crippen molar-refractivity contribution in [2.45, 2.75) is 60.8 Å². The average Bonchev–Trinajstić information content (AvgIpc) is 2.26. The molecule has 0 aliphatic heterocycles. The molecule has 0 fully saturated rings. The molecule has 0 aliphatic rings. The van der Waals surface area contributed by atoms with Gasteiger partial charge in [-0.2, -0.15) is 6.42 Å². The van der Waals surface area contributed by atoms with Gasteiger partial charge in [0, 0.05) is 49.6 Å². The van der Waals surface area contributed by atoms with E-state index in [0.717, 1.165) is 19.3 Å². The summed E-state index contributed by atoms with van der Waals surface area (Å²) in [4.78, 5) is 14.4. The quantitative estimate of drug-likeness (QED) is 0.210. The number of Topliss-reactive ketones (excluding diaryl/α,β-unsaturated/α-hetero) is 1. The third-order valence-electron chi connectivity index (χ3n) is 2.54. The van der Waals surface area contributed by atoms with Crippen LogP contribution in [-0.4, -0.2) is 12.3 Å². The molecule has 4 nitrogen and oxygen atoms in total. The van der Waals surface area contributed by atoms with Gasteiger partial charge in [0.2, 0.25) is 0 Å². The van der Waals surface area contributed by atoms with Gasteiger partial charge in [-0.15, -0.1) is 5.92 Å². The van der Waals surface area contributed by atoms with E-state index in [1.165, 1.54) is 0 Å². The summed E-state index contributed by atoms with van der Waals surface area (Å²) in [5.74, 6) is 0.197. The number of hydrogen-bond acceptors (Lipinski definition) is 2. The van der Waals surface area contributed by atoms with E-state index < -0.39 is 0 Å². The molecule has 0 aromatic rings. The Morgan fingerprint density at radius 1 is 1.24 bits per heavy atom. The zero-order chi connectivity index (χ0) is 16.4. The molecule has 0 heterocycles. The first-order chi connectivity index (χ1) is 8.95. The molecule has 0 aromatic heterocycles. The summed E-state index contributed by atoms with van der Waals surface area (Å²) in [6.07, 6.45) is 2.60. The maximum absolute atomic E-state index is 11.8. The van der Waals surface area contributed by atoms with Crippen molar-refractivity contribution in [3.8, 4) is 0 Å². The Bertz CT molecular complexity index is 323. The average molecular weight is 370 g/mol. The second kappa shape index (κ2) is 12.6. The normalized spacial score (nSPS) is 12.2. The summed E-state index contributed by atoms with van der Waals surface area (Å²) < 4.78 is 0. The van der Waals surface area contributed by atoms with Gasteiger partial charge in [0.25, 0.3) is 0 Å². The SMILES string of the molecule is [CH2-]C(CC(C)(C)C)C(=O)C(C)(C)C.[CH2-]CCCN=[N+]=[N-].[Y]. The molecule has 0 spiro atoms.